The van der Waals surface area contributed by atoms with E-state index < -0.39 is 11.7 Å². The molecule has 2 aliphatic rings. The van der Waals surface area contributed by atoms with Crippen LogP contribution in [0.4, 0.5) is 18.9 Å². The zero-order chi connectivity index (χ0) is 20.1. The highest BCUT2D eigenvalue weighted by Crippen LogP contribution is 2.53. The molecule has 1 N–H and O–H groups in total. The predicted octanol–water partition coefficient (Wildman–Crippen LogP) is 6.31. The van der Waals surface area contributed by atoms with Gasteiger partial charge in [0.05, 0.1) is 36.0 Å². The van der Waals surface area contributed by atoms with Crippen LogP contribution in [0.3, 0.4) is 0 Å². The van der Waals surface area contributed by atoms with Gasteiger partial charge < -0.3 is 14.8 Å². The van der Waals surface area contributed by atoms with Crippen molar-refractivity contribution in [2.45, 2.75) is 24.6 Å². The maximum absolute atomic E-state index is 13.6. The van der Waals surface area contributed by atoms with Crippen LogP contribution in [-0.2, 0) is 6.18 Å². The fourth-order valence-electron chi connectivity index (χ4n) is 4.31. The van der Waals surface area contributed by atoms with Gasteiger partial charge in [-0.25, -0.2) is 0 Å². The molecule has 0 aromatic heterocycles. The number of hydrogen-bond acceptors (Lipinski definition) is 3. The second-order valence-electron chi connectivity index (χ2n) is 6.98. The SMILES string of the molecule is COc1cc([C@@H]2Nc3c(cccc3C(F)(F)F)[C@H]3C=CC[C@@H]32)cc(Br)c1OC. The Morgan fingerprint density at radius 2 is 1.93 bits per heavy atom. The Hall–Kier alpha value is -2.15. The average Bonchev–Trinajstić information content (AvgIpc) is 3.15. The van der Waals surface area contributed by atoms with E-state index >= 15 is 0 Å². The molecule has 0 radical (unpaired) electrons. The van der Waals surface area contributed by atoms with Gasteiger partial charge in [-0.3, -0.25) is 0 Å². The molecule has 3 nitrogen and oxygen atoms in total. The van der Waals surface area contributed by atoms with E-state index in [2.05, 4.69) is 27.3 Å². The second-order valence-corrected chi connectivity index (χ2v) is 7.84. The summed E-state index contributed by atoms with van der Waals surface area (Å²) < 4.78 is 52.4. The summed E-state index contributed by atoms with van der Waals surface area (Å²) in [5.74, 6) is 1.15. The maximum atomic E-state index is 13.6. The summed E-state index contributed by atoms with van der Waals surface area (Å²) in [4.78, 5) is 0. The van der Waals surface area contributed by atoms with E-state index in [9.17, 15) is 13.2 Å². The number of rotatable bonds is 3. The third-order valence-corrected chi connectivity index (χ3v) is 6.11. The first-order chi connectivity index (χ1) is 13.3. The highest BCUT2D eigenvalue weighted by Gasteiger charge is 2.43. The van der Waals surface area contributed by atoms with Gasteiger partial charge >= 0.3 is 6.18 Å². The molecule has 0 fully saturated rings. The number of ether oxygens (including phenoxy) is 2. The lowest BCUT2D eigenvalue weighted by Crippen LogP contribution is -2.30. The average molecular weight is 454 g/mol. The first-order valence-corrected chi connectivity index (χ1v) is 9.69. The normalized spacial score (nSPS) is 23.0. The van der Waals surface area contributed by atoms with E-state index in [0.29, 0.717) is 21.5 Å². The topological polar surface area (TPSA) is 30.5 Å². The molecule has 7 heteroatoms. The van der Waals surface area contributed by atoms with Gasteiger partial charge in [0.25, 0.3) is 0 Å². The van der Waals surface area contributed by atoms with Gasteiger partial charge in [0.15, 0.2) is 11.5 Å². The van der Waals surface area contributed by atoms with E-state index in [1.807, 2.05) is 18.2 Å². The van der Waals surface area contributed by atoms with Gasteiger partial charge in [0.2, 0.25) is 0 Å². The lowest BCUT2D eigenvalue weighted by Gasteiger charge is -2.39. The molecule has 2 aromatic rings. The lowest BCUT2D eigenvalue weighted by atomic mass is 9.76. The monoisotopic (exact) mass is 453 g/mol. The molecule has 2 aromatic carbocycles. The van der Waals surface area contributed by atoms with Crippen LogP contribution in [0.25, 0.3) is 0 Å². The lowest BCUT2D eigenvalue weighted by molar-refractivity contribution is -0.137. The summed E-state index contributed by atoms with van der Waals surface area (Å²) in [5.41, 5.74) is 1.09. The minimum absolute atomic E-state index is 0.0598. The van der Waals surface area contributed by atoms with Gasteiger partial charge in [-0.15, -0.1) is 0 Å². The quantitative estimate of drug-likeness (QED) is 0.552. The first-order valence-electron chi connectivity index (χ1n) is 8.90. The Morgan fingerprint density at radius 1 is 1.14 bits per heavy atom. The van der Waals surface area contributed by atoms with E-state index in [0.717, 1.165) is 18.1 Å². The third-order valence-electron chi connectivity index (χ3n) is 5.52. The minimum Gasteiger partial charge on any atom is -0.493 e. The summed E-state index contributed by atoms with van der Waals surface area (Å²) in [6, 6.07) is 7.83. The van der Waals surface area contributed by atoms with Crippen LogP contribution in [-0.4, -0.2) is 14.2 Å². The van der Waals surface area contributed by atoms with E-state index in [-0.39, 0.29) is 23.6 Å². The molecular formula is C21H19BrF3NO2. The van der Waals surface area contributed by atoms with Crippen molar-refractivity contribution in [3.05, 3.63) is 63.6 Å². The van der Waals surface area contributed by atoms with Crippen molar-refractivity contribution in [2.75, 3.05) is 19.5 Å². The van der Waals surface area contributed by atoms with Gasteiger partial charge in [-0.1, -0.05) is 24.3 Å². The second kappa shape index (κ2) is 7.03. The number of allylic oxidation sites excluding steroid dienone is 2. The van der Waals surface area contributed by atoms with Crippen molar-refractivity contribution >= 4 is 21.6 Å². The number of alkyl halides is 3. The summed E-state index contributed by atoms with van der Waals surface area (Å²) in [6.07, 6.45) is 0.447. The number of hydrogen-bond donors (Lipinski definition) is 1. The first kappa shape index (κ1) is 19.2. The smallest absolute Gasteiger partial charge is 0.418 e. The summed E-state index contributed by atoms with van der Waals surface area (Å²) in [5, 5.41) is 3.20. The number of halogens is 4. The molecule has 0 spiro atoms. The fourth-order valence-corrected chi connectivity index (χ4v) is 4.93. The number of benzene rings is 2. The molecular weight excluding hydrogens is 435 g/mol. The van der Waals surface area contributed by atoms with Crippen molar-refractivity contribution in [2.24, 2.45) is 5.92 Å². The molecule has 28 heavy (non-hydrogen) atoms. The number of para-hydroxylation sites is 1. The third kappa shape index (κ3) is 3.05. The van der Waals surface area contributed by atoms with Crippen molar-refractivity contribution < 1.29 is 22.6 Å². The molecule has 1 aliphatic heterocycles. The van der Waals surface area contributed by atoms with Crippen molar-refractivity contribution in [1.82, 2.24) is 0 Å². The van der Waals surface area contributed by atoms with Crippen LogP contribution >= 0.6 is 15.9 Å². The van der Waals surface area contributed by atoms with Gasteiger partial charge in [0.1, 0.15) is 0 Å². The Balaban J connectivity index is 1.85. The predicted molar refractivity (Wildman–Crippen MR) is 105 cm³/mol. The fraction of sp³-hybridized carbons (Fsp3) is 0.333. The highest BCUT2D eigenvalue weighted by molar-refractivity contribution is 9.10. The van der Waals surface area contributed by atoms with Crippen LogP contribution in [0.5, 0.6) is 11.5 Å². The van der Waals surface area contributed by atoms with Crippen molar-refractivity contribution in [3.63, 3.8) is 0 Å². The molecule has 3 atom stereocenters. The zero-order valence-electron chi connectivity index (χ0n) is 15.3. The molecule has 0 saturated heterocycles. The molecule has 0 amide bonds. The van der Waals surface area contributed by atoms with Crippen LogP contribution in [0, 0.1) is 5.92 Å². The van der Waals surface area contributed by atoms with Gasteiger partial charge in [-0.2, -0.15) is 13.2 Å². The molecule has 148 valence electrons. The highest BCUT2D eigenvalue weighted by atomic mass is 79.9. The molecule has 0 unspecified atom stereocenters. The molecule has 0 saturated carbocycles. The van der Waals surface area contributed by atoms with E-state index in [1.54, 1.807) is 20.3 Å². The number of methoxy groups -OCH3 is 2. The van der Waals surface area contributed by atoms with Crippen LogP contribution in [0.15, 0.2) is 47.0 Å². The summed E-state index contributed by atoms with van der Waals surface area (Å²) in [7, 11) is 3.09. The molecule has 1 heterocycles. The Labute approximate surface area is 169 Å². The van der Waals surface area contributed by atoms with Crippen LogP contribution in [0.1, 0.15) is 35.1 Å². The van der Waals surface area contributed by atoms with Gasteiger partial charge in [-0.05, 0) is 57.6 Å². The van der Waals surface area contributed by atoms with Crippen LogP contribution < -0.4 is 14.8 Å². The Bertz CT molecular complexity index is 942. The largest absolute Gasteiger partial charge is 0.493 e. The standard InChI is InChI=1S/C21H19BrF3NO2/c1-27-17-10-11(9-16(22)20(17)28-2)18-13-6-3-5-12(13)14-7-4-8-15(19(14)26-18)21(23,24)25/h3-5,7-10,12-13,18,26H,6H2,1-2H3/t12-,13-,18-/m0/s1. The van der Waals surface area contributed by atoms with Crippen LogP contribution in [0.2, 0.25) is 0 Å². The summed E-state index contributed by atoms with van der Waals surface area (Å²) in [6.45, 7) is 0. The number of fused-ring (bicyclic) bond motifs is 3. The number of anilines is 1. The zero-order valence-corrected chi connectivity index (χ0v) is 16.9. The van der Waals surface area contributed by atoms with Crippen molar-refractivity contribution in [3.8, 4) is 11.5 Å². The Morgan fingerprint density at radius 3 is 2.61 bits per heavy atom. The molecule has 1 aliphatic carbocycles. The molecule has 0 bridgehead atoms. The Kier molecular flexibility index (Phi) is 4.81. The minimum atomic E-state index is -4.42. The van der Waals surface area contributed by atoms with Gasteiger partial charge in [0, 0.05) is 5.92 Å². The van der Waals surface area contributed by atoms with E-state index in [4.69, 9.17) is 9.47 Å². The van der Waals surface area contributed by atoms with Crippen molar-refractivity contribution in [1.29, 1.82) is 0 Å². The molecule has 4 rings (SSSR count). The maximum Gasteiger partial charge on any atom is 0.418 e. The van der Waals surface area contributed by atoms with E-state index in [1.165, 1.54) is 6.07 Å². The number of nitrogens with one attached hydrogen (secondary N) is 1. The summed E-state index contributed by atoms with van der Waals surface area (Å²) >= 11 is 3.49.